The lowest BCUT2D eigenvalue weighted by Crippen LogP contribution is -2.28. The molecule has 2 aromatic heterocycles. The first-order valence-electron chi connectivity index (χ1n) is 11.0. The molecule has 0 unspecified atom stereocenters. The maximum Gasteiger partial charge on any atom is 0.263 e. The predicted octanol–water partition coefficient (Wildman–Crippen LogP) is 3.83. The molecule has 1 atom stereocenters. The average molecular weight is 488 g/mol. The van der Waals surface area contributed by atoms with Crippen molar-refractivity contribution in [2.45, 2.75) is 49.6 Å². The fourth-order valence-corrected chi connectivity index (χ4v) is 6.36. The van der Waals surface area contributed by atoms with Gasteiger partial charge in [0.2, 0.25) is 12.7 Å². The SMILES string of the molecule is COCCn1c(S[C@H](C)C(=O)Nc2ccc3c(c2)OCO3)nc2sc3c(c2c1=O)CCCC3. The van der Waals surface area contributed by atoms with Crippen LogP contribution < -0.4 is 20.3 Å². The number of benzene rings is 1. The van der Waals surface area contributed by atoms with Gasteiger partial charge in [0, 0.05) is 23.7 Å². The van der Waals surface area contributed by atoms with Gasteiger partial charge in [0.25, 0.3) is 5.56 Å². The highest BCUT2D eigenvalue weighted by Crippen LogP contribution is 2.36. The number of nitrogens with zero attached hydrogens (tertiary/aromatic N) is 2. The van der Waals surface area contributed by atoms with Crippen LogP contribution in [0.15, 0.2) is 28.2 Å². The summed E-state index contributed by atoms with van der Waals surface area (Å²) in [4.78, 5) is 33.3. The van der Waals surface area contributed by atoms with Crippen molar-refractivity contribution in [3.63, 3.8) is 0 Å². The number of aromatic nitrogens is 2. The quantitative estimate of drug-likeness (QED) is 0.400. The zero-order chi connectivity index (χ0) is 22.9. The van der Waals surface area contributed by atoms with Gasteiger partial charge in [-0.2, -0.15) is 0 Å². The Morgan fingerprint density at radius 1 is 1.30 bits per heavy atom. The van der Waals surface area contributed by atoms with E-state index >= 15 is 0 Å². The molecule has 1 aliphatic heterocycles. The molecular weight excluding hydrogens is 462 g/mol. The van der Waals surface area contributed by atoms with E-state index in [2.05, 4.69) is 5.32 Å². The monoisotopic (exact) mass is 487 g/mol. The molecule has 1 N–H and O–H groups in total. The first kappa shape index (κ1) is 22.2. The maximum atomic E-state index is 13.5. The summed E-state index contributed by atoms with van der Waals surface area (Å²) in [6, 6.07) is 5.29. The molecular formula is C23H25N3O5S2. The molecule has 1 amide bonds. The third kappa shape index (κ3) is 4.34. The molecule has 0 spiro atoms. The summed E-state index contributed by atoms with van der Waals surface area (Å²) >= 11 is 2.90. The van der Waals surface area contributed by atoms with Gasteiger partial charge in [0.1, 0.15) is 4.83 Å². The molecule has 0 fully saturated rings. The number of nitrogens with one attached hydrogen (secondary N) is 1. The standard InChI is InChI=1S/C23H25N3O5S2/c1-13(20(27)24-14-7-8-16-17(11-14)31-12-30-16)32-23-25-21-19(22(28)26(23)9-10-29-2)15-5-3-4-6-18(15)33-21/h7-8,11,13H,3-6,9-10,12H2,1-2H3,(H,24,27)/t13-/m1/s1. The number of methoxy groups -OCH3 is 1. The van der Waals surface area contributed by atoms with Gasteiger partial charge in [-0.15, -0.1) is 11.3 Å². The summed E-state index contributed by atoms with van der Waals surface area (Å²) in [5.41, 5.74) is 1.75. The summed E-state index contributed by atoms with van der Waals surface area (Å²) in [5.74, 6) is 1.08. The van der Waals surface area contributed by atoms with Gasteiger partial charge in [0.15, 0.2) is 16.7 Å². The van der Waals surface area contributed by atoms with Crippen molar-refractivity contribution in [1.82, 2.24) is 9.55 Å². The number of rotatable bonds is 7. The van der Waals surface area contributed by atoms with Crippen LogP contribution in [0.1, 0.15) is 30.2 Å². The third-order valence-corrected chi connectivity index (χ3v) is 8.13. The molecule has 5 rings (SSSR count). The number of thiophene rings is 1. The lowest BCUT2D eigenvalue weighted by molar-refractivity contribution is -0.115. The Balaban J connectivity index is 1.42. The van der Waals surface area contributed by atoms with E-state index in [0.29, 0.717) is 35.5 Å². The number of thioether (sulfide) groups is 1. The Hall–Kier alpha value is -2.56. The number of aryl methyl sites for hydroxylation is 2. The van der Waals surface area contributed by atoms with E-state index in [4.69, 9.17) is 19.2 Å². The molecule has 0 saturated carbocycles. The topological polar surface area (TPSA) is 91.7 Å². The average Bonchev–Trinajstić information content (AvgIpc) is 3.42. The zero-order valence-electron chi connectivity index (χ0n) is 18.5. The molecule has 3 aromatic rings. The van der Waals surface area contributed by atoms with Crippen LogP contribution in [-0.2, 0) is 28.9 Å². The van der Waals surface area contributed by atoms with Crippen molar-refractivity contribution in [1.29, 1.82) is 0 Å². The zero-order valence-corrected chi connectivity index (χ0v) is 20.1. The van der Waals surface area contributed by atoms with E-state index < -0.39 is 5.25 Å². The summed E-state index contributed by atoms with van der Waals surface area (Å²) in [7, 11) is 1.61. The van der Waals surface area contributed by atoms with Crippen molar-refractivity contribution < 1.29 is 19.0 Å². The Morgan fingerprint density at radius 3 is 2.97 bits per heavy atom. The van der Waals surface area contributed by atoms with Crippen molar-refractivity contribution in [3.8, 4) is 11.5 Å². The minimum Gasteiger partial charge on any atom is -0.454 e. The van der Waals surface area contributed by atoms with Crippen LogP contribution in [0.4, 0.5) is 5.69 Å². The van der Waals surface area contributed by atoms with Crippen molar-refractivity contribution in [2.24, 2.45) is 0 Å². The van der Waals surface area contributed by atoms with E-state index in [-0.39, 0.29) is 18.3 Å². The largest absolute Gasteiger partial charge is 0.454 e. The van der Waals surface area contributed by atoms with Gasteiger partial charge in [-0.3, -0.25) is 14.2 Å². The number of hydrogen-bond acceptors (Lipinski definition) is 8. The molecule has 10 heteroatoms. The van der Waals surface area contributed by atoms with Crippen molar-refractivity contribution in [3.05, 3.63) is 39.0 Å². The molecule has 2 aliphatic rings. The van der Waals surface area contributed by atoms with Crippen LogP contribution in [0.2, 0.25) is 0 Å². The summed E-state index contributed by atoms with van der Waals surface area (Å²) < 4.78 is 17.6. The predicted molar refractivity (Wildman–Crippen MR) is 129 cm³/mol. The minimum absolute atomic E-state index is 0.0395. The normalized spacial score (nSPS) is 15.5. The van der Waals surface area contributed by atoms with Gasteiger partial charge in [-0.05, 0) is 50.3 Å². The third-order valence-electron chi connectivity index (χ3n) is 5.85. The first-order chi connectivity index (χ1) is 16.0. The summed E-state index contributed by atoms with van der Waals surface area (Å²) in [6.07, 6.45) is 4.18. The number of hydrogen-bond donors (Lipinski definition) is 1. The highest BCUT2D eigenvalue weighted by molar-refractivity contribution is 8.00. The second kappa shape index (κ2) is 9.36. The van der Waals surface area contributed by atoms with Gasteiger partial charge >= 0.3 is 0 Å². The second-order valence-electron chi connectivity index (χ2n) is 8.05. The number of amides is 1. The van der Waals surface area contributed by atoms with E-state index in [1.807, 2.05) is 6.92 Å². The summed E-state index contributed by atoms with van der Waals surface area (Å²) in [6.45, 7) is 2.77. The summed E-state index contributed by atoms with van der Waals surface area (Å²) in [5, 5.41) is 3.73. The lowest BCUT2D eigenvalue weighted by Gasteiger charge is -2.16. The van der Waals surface area contributed by atoms with E-state index in [0.717, 1.165) is 41.5 Å². The Morgan fingerprint density at radius 2 is 2.12 bits per heavy atom. The Bertz CT molecular complexity index is 1270. The lowest BCUT2D eigenvalue weighted by atomic mass is 9.97. The number of ether oxygens (including phenoxy) is 3. The molecule has 0 bridgehead atoms. The van der Waals surface area contributed by atoms with Gasteiger partial charge < -0.3 is 19.5 Å². The Kier molecular flexibility index (Phi) is 6.31. The van der Waals surface area contributed by atoms with E-state index in [9.17, 15) is 9.59 Å². The minimum atomic E-state index is -0.469. The number of fused-ring (bicyclic) bond motifs is 4. The van der Waals surface area contributed by atoms with Crippen LogP contribution in [0.5, 0.6) is 11.5 Å². The molecule has 0 radical (unpaired) electrons. The van der Waals surface area contributed by atoms with Crippen molar-refractivity contribution >= 4 is 44.9 Å². The molecule has 3 heterocycles. The molecule has 33 heavy (non-hydrogen) atoms. The maximum absolute atomic E-state index is 13.5. The molecule has 0 saturated heterocycles. The number of anilines is 1. The van der Waals surface area contributed by atoms with Gasteiger partial charge in [0.05, 0.1) is 23.8 Å². The first-order valence-corrected chi connectivity index (χ1v) is 12.7. The van der Waals surface area contributed by atoms with Crippen LogP contribution in [-0.4, -0.2) is 41.2 Å². The number of carbonyl (C=O) groups is 1. The van der Waals surface area contributed by atoms with E-state index in [1.165, 1.54) is 16.6 Å². The van der Waals surface area contributed by atoms with Gasteiger partial charge in [-0.25, -0.2) is 4.98 Å². The smallest absolute Gasteiger partial charge is 0.263 e. The number of carbonyl (C=O) groups excluding carboxylic acids is 1. The van der Waals surface area contributed by atoms with Crippen LogP contribution in [0.3, 0.4) is 0 Å². The molecule has 1 aliphatic carbocycles. The fraction of sp³-hybridized carbons (Fsp3) is 0.435. The fourth-order valence-electron chi connectivity index (χ4n) is 4.12. The molecule has 1 aromatic carbocycles. The second-order valence-corrected chi connectivity index (χ2v) is 10.4. The van der Waals surface area contributed by atoms with Crippen LogP contribution in [0.25, 0.3) is 10.2 Å². The van der Waals surface area contributed by atoms with Crippen LogP contribution >= 0.6 is 23.1 Å². The van der Waals surface area contributed by atoms with Crippen LogP contribution in [0, 0.1) is 0 Å². The van der Waals surface area contributed by atoms with Crippen molar-refractivity contribution in [2.75, 3.05) is 25.8 Å². The highest BCUT2D eigenvalue weighted by atomic mass is 32.2. The molecule has 8 nitrogen and oxygen atoms in total. The Labute approximate surface area is 199 Å². The van der Waals surface area contributed by atoms with E-state index in [1.54, 1.807) is 41.2 Å². The molecule has 174 valence electrons. The van der Waals surface area contributed by atoms with Gasteiger partial charge in [-0.1, -0.05) is 11.8 Å². The highest BCUT2D eigenvalue weighted by Gasteiger charge is 2.25.